The molecular formula is C18H25ClN2O3. The largest absolute Gasteiger partial charge is 0.389 e. The van der Waals surface area contributed by atoms with Gasteiger partial charge in [0.05, 0.1) is 5.60 Å². The second-order valence-electron chi connectivity index (χ2n) is 6.90. The van der Waals surface area contributed by atoms with E-state index >= 15 is 0 Å². The van der Waals surface area contributed by atoms with Crippen molar-refractivity contribution in [3.8, 4) is 0 Å². The molecule has 0 aliphatic carbocycles. The minimum atomic E-state index is -0.725. The van der Waals surface area contributed by atoms with Crippen LogP contribution in [0, 0.1) is 0 Å². The minimum Gasteiger partial charge on any atom is -0.389 e. The predicted octanol–water partition coefficient (Wildman–Crippen LogP) is 2.22. The molecule has 1 aromatic rings. The number of carbonyl (C=O) groups is 2. The quantitative estimate of drug-likeness (QED) is 0.797. The number of Topliss-reactive ketones (excluding diaryl/α,β-unsaturated/α-hetero) is 1. The van der Waals surface area contributed by atoms with Crippen molar-refractivity contribution in [3.05, 3.63) is 34.9 Å². The molecule has 1 N–H and O–H groups in total. The van der Waals surface area contributed by atoms with Crippen LogP contribution >= 0.6 is 11.6 Å². The fourth-order valence-corrected chi connectivity index (χ4v) is 2.99. The number of piperazine rings is 1. The molecule has 6 heteroatoms. The van der Waals surface area contributed by atoms with Gasteiger partial charge in [0.25, 0.3) is 0 Å². The van der Waals surface area contributed by atoms with Crippen LogP contribution in [-0.2, 0) is 4.79 Å². The third-order valence-electron chi connectivity index (χ3n) is 4.07. The average Bonchev–Trinajstić information content (AvgIpc) is 2.52. The van der Waals surface area contributed by atoms with E-state index in [4.69, 9.17) is 11.6 Å². The van der Waals surface area contributed by atoms with E-state index in [0.717, 1.165) is 13.1 Å². The zero-order chi connectivity index (χ0) is 17.7. The Labute approximate surface area is 148 Å². The maximum absolute atomic E-state index is 12.3. The number of nitrogens with zero attached hydrogens (tertiary/aromatic N) is 2. The fraction of sp³-hybridized carbons (Fsp3) is 0.556. The van der Waals surface area contributed by atoms with Gasteiger partial charge in [-0.3, -0.25) is 14.5 Å². The average molecular weight is 353 g/mol. The van der Waals surface area contributed by atoms with Crippen LogP contribution in [0.1, 0.15) is 37.0 Å². The van der Waals surface area contributed by atoms with Gasteiger partial charge in [0.2, 0.25) is 5.91 Å². The summed E-state index contributed by atoms with van der Waals surface area (Å²) in [5.41, 5.74) is -0.140. The summed E-state index contributed by atoms with van der Waals surface area (Å²) >= 11 is 5.81. The molecule has 0 bridgehead atoms. The van der Waals surface area contributed by atoms with E-state index in [9.17, 15) is 14.7 Å². The Morgan fingerprint density at radius 2 is 1.67 bits per heavy atom. The number of hydrogen-bond acceptors (Lipinski definition) is 4. The first-order valence-corrected chi connectivity index (χ1v) is 8.64. The van der Waals surface area contributed by atoms with Crippen LogP contribution in [-0.4, -0.2) is 64.9 Å². The Morgan fingerprint density at radius 1 is 1.08 bits per heavy atom. The highest BCUT2D eigenvalue weighted by atomic mass is 35.5. The first-order valence-electron chi connectivity index (χ1n) is 8.26. The van der Waals surface area contributed by atoms with Gasteiger partial charge in [-0.2, -0.15) is 0 Å². The van der Waals surface area contributed by atoms with Gasteiger partial charge in [-0.15, -0.1) is 0 Å². The van der Waals surface area contributed by atoms with Gasteiger partial charge in [-0.05, 0) is 38.1 Å². The maximum atomic E-state index is 12.3. The lowest BCUT2D eigenvalue weighted by Gasteiger charge is -2.37. The van der Waals surface area contributed by atoms with Crippen LogP contribution in [0.2, 0.25) is 5.02 Å². The van der Waals surface area contributed by atoms with Crippen molar-refractivity contribution in [2.45, 2.75) is 32.3 Å². The Balaban J connectivity index is 1.75. The van der Waals surface area contributed by atoms with Crippen molar-refractivity contribution in [3.63, 3.8) is 0 Å². The smallest absolute Gasteiger partial charge is 0.223 e. The summed E-state index contributed by atoms with van der Waals surface area (Å²) in [6, 6.07) is 6.73. The molecule has 0 radical (unpaired) electrons. The standard InChI is InChI=1S/C18H25ClN2O3/c1-18(2,24)13-20-9-11-21(12-10-20)17(23)8-7-16(22)14-3-5-15(19)6-4-14/h3-6,24H,7-13H2,1-2H3. The first kappa shape index (κ1) is 18.9. The number of rotatable bonds is 6. The molecule has 1 aliphatic rings. The molecule has 1 amide bonds. The number of carbonyl (C=O) groups excluding carboxylic acids is 2. The summed E-state index contributed by atoms with van der Waals surface area (Å²) in [6.45, 7) is 6.96. The number of halogens is 1. The third kappa shape index (κ3) is 5.89. The summed E-state index contributed by atoms with van der Waals surface area (Å²) < 4.78 is 0. The van der Waals surface area contributed by atoms with E-state index < -0.39 is 5.60 Å². The Kier molecular flexibility index (Phi) is 6.38. The molecule has 1 aliphatic heterocycles. The summed E-state index contributed by atoms with van der Waals surface area (Å²) in [5.74, 6) is -0.0269. The second-order valence-corrected chi connectivity index (χ2v) is 7.34. The molecular weight excluding hydrogens is 328 g/mol. The number of β-amino-alcohol motifs (C(OH)–C–C–N with tert-alkyl or cyclic N) is 1. The van der Waals surface area contributed by atoms with Crippen molar-refractivity contribution in [2.75, 3.05) is 32.7 Å². The molecule has 0 saturated carbocycles. The lowest BCUT2D eigenvalue weighted by atomic mass is 10.1. The molecule has 132 valence electrons. The van der Waals surface area contributed by atoms with Gasteiger partial charge in [0, 0.05) is 56.2 Å². The fourth-order valence-electron chi connectivity index (χ4n) is 2.86. The normalized spacial score (nSPS) is 16.2. The second kappa shape index (κ2) is 8.10. The molecule has 0 aromatic heterocycles. The van der Waals surface area contributed by atoms with Crippen molar-refractivity contribution in [2.24, 2.45) is 0 Å². The van der Waals surface area contributed by atoms with Crippen LogP contribution in [0.25, 0.3) is 0 Å². The topological polar surface area (TPSA) is 60.9 Å². The van der Waals surface area contributed by atoms with Crippen molar-refractivity contribution in [1.82, 2.24) is 9.80 Å². The minimum absolute atomic E-state index is 0.0141. The summed E-state index contributed by atoms with van der Waals surface area (Å²) in [6.07, 6.45) is 0.442. The van der Waals surface area contributed by atoms with Crippen LogP contribution in [0.15, 0.2) is 24.3 Å². The van der Waals surface area contributed by atoms with Gasteiger partial charge < -0.3 is 10.0 Å². The van der Waals surface area contributed by atoms with Gasteiger partial charge in [-0.1, -0.05) is 11.6 Å². The molecule has 0 unspecified atom stereocenters. The Morgan fingerprint density at radius 3 is 2.21 bits per heavy atom. The number of ketones is 1. The molecule has 5 nitrogen and oxygen atoms in total. The maximum Gasteiger partial charge on any atom is 0.223 e. The SMILES string of the molecule is CC(C)(O)CN1CCN(C(=O)CCC(=O)c2ccc(Cl)cc2)CC1. The van der Waals surface area contributed by atoms with Crippen molar-refractivity contribution < 1.29 is 14.7 Å². The van der Waals surface area contributed by atoms with E-state index in [1.807, 2.05) is 0 Å². The van der Waals surface area contributed by atoms with Crippen LogP contribution in [0.4, 0.5) is 0 Å². The van der Waals surface area contributed by atoms with E-state index in [1.54, 1.807) is 43.0 Å². The van der Waals surface area contributed by atoms with Gasteiger partial charge >= 0.3 is 0 Å². The Hall–Kier alpha value is -1.43. The number of aliphatic hydroxyl groups is 1. The van der Waals surface area contributed by atoms with Crippen molar-refractivity contribution >= 4 is 23.3 Å². The van der Waals surface area contributed by atoms with Crippen LogP contribution in [0.3, 0.4) is 0 Å². The number of hydrogen-bond donors (Lipinski definition) is 1. The zero-order valence-corrected chi connectivity index (χ0v) is 15.1. The van der Waals surface area contributed by atoms with E-state index in [1.165, 1.54) is 0 Å². The highest BCUT2D eigenvalue weighted by Crippen LogP contribution is 2.13. The molecule has 1 fully saturated rings. The summed E-state index contributed by atoms with van der Waals surface area (Å²) in [7, 11) is 0. The lowest BCUT2D eigenvalue weighted by Crippen LogP contribution is -2.52. The van der Waals surface area contributed by atoms with Crippen molar-refractivity contribution in [1.29, 1.82) is 0 Å². The van der Waals surface area contributed by atoms with Gasteiger partial charge in [-0.25, -0.2) is 0 Å². The molecule has 0 atom stereocenters. The Bertz CT molecular complexity index is 573. The molecule has 0 spiro atoms. The van der Waals surface area contributed by atoms with Gasteiger partial charge in [0.1, 0.15) is 0 Å². The number of amides is 1. The highest BCUT2D eigenvalue weighted by Gasteiger charge is 2.25. The summed E-state index contributed by atoms with van der Waals surface area (Å²) in [5, 5.41) is 10.4. The van der Waals surface area contributed by atoms with E-state index in [0.29, 0.717) is 30.2 Å². The monoisotopic (exact) mass is 352 g/mol. The van der Waals surface area contributed by atoms with Gasteiger partial charge in [0.15, 0.2) is 5.78 Å². The highest BCUT2D eigenvalue weighted by molar-refractivity contribution is 6.30. The molecule has 1 heterocycles. The first-order chi connectivity index (χ1) is 11.2. The molecule has 24 heavy (non-hydrogen) atoms. The lowest BCUT2D eigenvalue weighted by molar-refractivity contribution is -0.133. The number of benzene rings is 1. The van der Waals surface area contributed by atoms with E-state index in [-0.39, 0.29) is 24.5 Å². The van der Waals surface area contributed by atoms with Crippen LogP contribution in [0.5, 0.6) is 0 Å². The van der Waals surface area contributed by atoms with Crippen LogP contribution < -0.4 is 0 Å². The third-order valence-corrected chi connectivity index (χ3v) is 4.32. The molecule has 1 saturated heterocycles. The molecule has 1 aromatic carbocycles. The summed E-state index contributed by atoms with van der Waals surface area (Å²) in [4.78, 5) is 28.3. The predicted molar refractivity (Wildman–Crippen MR) is 94.3 cm³/mol. The van der Waals surface area contributed by atoms with E-state index in [2.05, 4.69) is 4.90 Å². The molecule has 2 rings (SSSR count). The zero-order valence-electron chi connectivity index (χ0n) is 14.3.